The van der Waals surface area contributed by atoms with Gasteiger partial charge in [0.25, 0.3) is 0 Å². The quantitative estimate of drug-likeness (QED) is 0.831. The molecular formula is C10H16F3N3S. The fourth-order valence-electron chi connectivity index (χ4n) is 1.25. The van der Waals surface area contributed by atoms with Crippen LogP contribution in [0.3, 0.4) is 0 Å². The van der Waals surface area contributed by atoms with Crippen molar-refractivity contribution < 1.29 is 13.2 Å². The first-order valence-electron chi connectivity index (χ1n) is 5.31. The van der Waals surface area contributed by atoms with E-state index in [1.165, 1.54) is 0 Å². The fraction of sp³-hybridized carbons (Fsp3) is 0.700. The molecule has 0 aliphatic rings. The van der Waals surface area contributed by atoms with Crippen molar-refractivity contribution in [2.45, 2.75) is 26.1 Å². The Morgan fingerprint density at radius 3 is 2.47 bits per heavy atom. The molecule has 1 rings (SSSR count). The van der Waals surface area contributed by atoms with Gasteiger partial charge in [0, 0.05) is 20.6 Å². The normalized spacial score (nSPS) is 11.9. The highest BCUT2D eigenvalue weighted by Gasteiger charge is 2.37. The number of nitrogens with one attached hydrogen (secondary N) is 1. The Kier molecular flexibility index (Phi) is 4.76. The molecule has 0 unspecified atom stereocenters. The zero-order chi connectivity index (χ0) is 13.1. The van der Waals surface area contributed by atoms with Gasteiger partial charge in [0.1, 0.15) is 0 Å². The SMILES string of the molecule is CCCNCc1sc(N(C)C)nc1C(F)(F)F. The molecule has 7 heteroatoms. The highest BCUT2D eigenvalue weighted by Crippen LogP contribution is 2.36. The van der Waals surface area contributed by atoms with Gasteiger partial charge in [0.05, 0.1) is 4.88 Å². The largest absolute Gasteiger partial charge is 0.434 e. The van der Waals surface area contributed by atoms with Crippen molar-refractivity contribution in [2.75, 3.05) is 25.5 Å². The molecule has 1 aromatic heterocycles. The molecule has 0 aliphatic heterocycles. The smallest absolute Gasteiger partial charge is 0.354 e. The van der Waals surface area contributed by atoms with Crippen LogP contribution in [-0.2, 0) is 12.7 Å². The van der Waals surface area contributed by atoms with Crippen LogP contribution in [0.1, 0.15) is 23.9 Å². The zero-order valence-electron chi connectivity index (χ0n) is 10.1. The number of hydrogen-bond donors (Lipinski definition) is 1. The maximum atomic E-state index is 12.7. The van der Waals surface area contributed by atoms with E-state index >= 15 is 0 Å². The fourth-order valence-corrected chi connectivity index (χ4v) is 2.22. The molecule has 0 aromatic carbocycles. The molecule has 1 heterocycles. The van der Waals surface area contributed by atoms with Crippen molar-refractivity contribution in [3.63, 3.8) is 0 Å². The Morgan fingerprint density at radius 1 is 1.35 bits per heavy atom. The van der Waals surface area contributed by atoms with E-state index < -0.39 is 11.9 Å². The minimum atomic E-state index is -4.38. The van der Waals surface area contributed by atoms with E-state index in [1.807, 2.05) is 6.92 Å². The van der Waals surface area contributed by atoms with E-state index in [-0.39, 0.29) is 11.4 Å². The topological polar surface area (TPSA) is 28.2 Å². The summed E-state index contributed by atoms with van der Waals surface area (Å²) in [6.07, 6.45) is -3.49. The molecule has 0 atom stereocenters. The van der Waals surface area contributed by atoms with Gasteiger partial charge in [-0.1, -0.05) is 18.3 Å². The monoisotopic (exact) mass is 267 g/mol. The van der Waals surface area contributed by atoms with Gasteiger partial charge in [-0.15, -0.1) is 0 Å². The number of hydrogen-bond acceptors (Lipinski definition) is 4. The molecule has 3 nitrogen and oxygen atoms in total. The molecule has 0 saturated heterocycles. The molecule has 0 fully saturated rings. The van der Waals surface area contributed by atoms with Gasteiger partial charge in [0.15, 0.2) is 10.8 Å². The third-order valence-electron chi connectivity index (χ3n) is 2.05. The van der Waals surface area contributed by atoms with Crippen molar-refractivity contribution in [2.24, 2.45) is 0 Å². The molecule has 17 heavy (non-hydrogen) atoms. The average molecular weight is 267 g/mol. The third kappa shape index (κ3) is 3.85. The van der Waals surface area contributed by atoms with Gasteiger partial charge in [-0.3, -0.25) is 0 Å². The Balaban J connectivity index is 2.92. The standard InChI is InChI=1S/C10H16F3N3S/c1-4-5-14-6-7-8(10(11,12)13)15-9(17-7)16(2)3/h14H,4-6H2,1-3H3. The van der Waals surface area contributed by atoms with Crippen LogP contribution >= 0.6 is 11.3 Å². The summed E-state index contributed by atoms with van der Waals surface area (Å²) in [6, 6.07) is 0. The first kappa shape index (κ1) is 14.2. The zero-order valence-corrected chi connectivity index (χ0v) is 10.9. The molecule has 0 aliphatic carbocycles. The molecule has 1 aromatic rings. The maximum absolute atomic E-state index is 12.7. The molecule has 0 amide bonds. The third-order valence-corrected chi connectivity index (χ3v) is 3.27. The number of halogens is 3. The summed E-state index contributed by atoms with van der Waals surface area (Å²) < 4.78 is 38.2. The van der Waals surface area contributed by atoms with Crippen LogP contribution in [0.4, 0.5) is 18.3 Å². The van der Waals surface area contributed by atoms with E-state index in [1.54, 1.807) is 19.0 Å². The Hall–Kier alpha value is -0.820. The first-order chi connectivity index (χ1) is 7.86. The average Bonchev–Trinajstić information content (AvgIpc) is 2.62. The minimum Gasteiger partial charge on any atom is -0.354 e. The van der Waals surface area contributed by atoms with E-state index in [0.29, 0.717) is 11.7 Å². The second kappa shape index (κ2) is 5.68. The molecule has 0 bridgehead atoms. The number of thiazole rings is 1. The van der Waals surface area contributed by atoms with E-state index in [2.05, 4.69) is 10.3 Å². The number of rotatable bonds is 5. The number of alkyl halides is 3. The van der Waals surface area contributed by atoms with Crippen molar-refractivity contribution in [3.05, 3.63) is 10.6 Å². The van der Waals surface area contributed by atoms with Crippen LogP contribution in [0.2, 0.25) is 0 Å². The van der Waals surface area contributed by atoms with Crippen LogP contribution in [0, 0.1) is 0 Å². The highest BCUT2D eigenvalue weighted by atomic mass is 32.1. The molecule has 98 valence electrons. The van der Waals surface area contributed by atoms with Crippen LogP contribution < -0.4 is 10.2 Å². The van der Waals surface area contributed by atoms with Gasteiger partial charge >= 0.3 is 6.18 Å². The highest BCUT2D eigenvalue weighted by molar-refractivity contribution is 7.15. The molecule has 1 N–H and O–H groups in total. The van der Waals surface area contributed by atoms with E-state index in [9.17, 15) is 13.2 Å². The maximum Gasteiger partial charge on any atom is 0.434 e. The van der Waals surface area contributed by atoms with Gasteiger partial charge in [-0.25, -0.2) is 4.98 Å². The molecule has 0 radical (unpaired) electrons. The lowest BCUT2D eigenvalue weighted by Gasteiger charge is -2.06. The van der Waals surface area contributed by atoms with Crippen molar-refractivity contribution in [1.82, 2.24) is 10.3 Å². The summed E-state index contributed by atoms with van der Waals surface area (Å²) in [5.41, 5.74) is -0.769. The van der Waals surface area contributed by atoms with Crippen LogP contribution in [0.5, 0.6) is 0 Å². The van der Waals surface area contributed by atoms with Gasteiger partial charge in [-0.2, -0.15) is 13.2 Å². The second-order valence-corrected chi connectivity index (χ2v) is 4.90. The lowest BCUT2D eigenvalue weighted by molar-refractivity contribution is -0.141. The van der Waals surface area contributed by atoms with Gasteiger partial charge < -0.3 is 10.2 Å². The lowest BCUT2D eigenvalue weighted by atomic mass is 10.3. The first-order valence-corrected chi connectivity index (χ1v) is 6.12. The van der Waals surface area contributed by atoms with Crippen molar-refractivity contribution in [1.29, 1.82) is 0 Å². The summed E-state index contributed by atoms with van der Waals surface area (Å²) >= 11 is 1.08. The Morgan fingerprint density at radius 2 is 2.00 bits per heavy atom. The van der Waals surface area contributed by atoms with Crippen molar-refractivity contribution >= 4 is 16.5 Å². The van der Waals surface area contributed by atoms with E-state index in [0.717, 1.165) is 17.8 Å². The van der Waals surface area contributed by atoms with Crippen LogP contribution in [0.15, 0.2) is 0 Å². The second-order valence-electron chi connectivity index (χ2n) is 3.84. The summed E-state index contributed by atoms with van der Waals surface area (Å²) in [5, 5.41) is 3.35. The molecular weight excluding hydrogens is 251 g/mol. The van der Waals surface area contributed by atoms with Crippen LogP contribution in [-0.4, -0.2) is 25.6 Å². The summed E-state index contributed by atoms with van der Waals surface area (Å²) in [5.74, 6) is 0. The summed E-state index contributed by atoms with van der Waals surface area (Å²) in [4.78, 5) is 5.47. The van der Waals surface area contributed by atoms with E-state index in [4.69, 9.17) is 0 Å². The number of aromatic nitrogens is 1. The molecule has 0 saturated carbocycles. The molecule has 0 spiro atoms. The minimum absolute atomic E-state index is 0.216. The Bertz CT molecular complexity index is 360. The van der Waals surface area contributed by atoms with Gasteiger partial charge in [-0.05, 0) is 13.0 Å². The summed E-state index contributed by atoms with van der Waals surface area (Å²) in [6.45, 7) is 2.89. The Labute approximate surface area is 103 Å². The van der Waals surface area contributed by atoms with Crippen molar-refractivity contribution in [3.8, 4) is 0 Å². The van der Waals surface area contributed by atoms with Gasteiger partial charge in [0.2, 0.25) is 0 Å². The van der Waals surface area contributed by atoms with Crippen LogP contribution in [0.25, 0.3) is 0 Å². The number of anilines is 1. The lowest BCUT2D eigenvalue weighted by Crippen LogP contribution is -2.17. The number of nitrogens with zero attached hydrogens (tertiary/aromatic N) is 2. The predicted octanol–water partition coefficient (Wildman–Crippen LogP) is 2.73. The predicted molar refractivity (Wildman–Crippen MR) is 63.4 cm³/mol. The summed E-state index contributed by atoms with van der Waals surface area (Å²) in [7, 11) is 3.37.